The van der Waals surface area contributed by atoms with Crippen LogP contribution in [0.25, 0.3) is 0 Å². The molecule has 0 aromatic carbocycles. The summed E-state index contributed by atoms with van der Waals surface area (Å²) < 4.78 is 0. The number of hydrogen-bond acceptors (Lipinski definition) is 11. The van der Waals surface area contributed by atoms with Crippen LogP contribution in [0.1, 0.15) is 12.1 Å². The highest BCUT2D eigenvalue weighted by atomic mass is 32.2. The average Bonchev–Trinajstić information content (AvgIpc) is 3.41. The highest BCUT2D eigenvalue weighted by Crippen LogP contribution is 2.41. The highest BCUT2D eigenvalue weighted by molar-refractivity contribution is 8.00. The number of allylic oxidation sites excluding steroid dienone is 1. The standard InChI is InChI=1S/C20H23N7O6S2/c1-22-3-5-26-4-2-9(16(26)29)6-10-7-34-18-13(17(30)27(18)14(10)19(31)32)24-15(28)12(25-33)11-8-35-20(21)23-11/h6,8,13,18,22,33H,2-5,7H2,1H3,(H2,21,23)(H,24,28)(H,31,32)/b9-6?,25-12-/t13-,18-/m1/s1. The molecular weight excluding hydrogens is 498 g/mol. The largest absolute Gasteiger partial charge is 0.477 e. The van der Waals surface area contributed by atoms with Gasteiger partial charge in [-0.25, -0.2) is 9.78 Å². The van der Waals surface area contributed by atoms with E-state index in [1.54, 1.807) is 18.0 Å². The Balaban J connectivity index is 1.51. The van der Waals surface area contributed by atoms with Crippen molar-refractivity contribution in [2.45, 2.75) is 17.8 Å². The number of likely N-dealkylation sites (N-methyl/N-ethyl adjacent to an activating group) is 1. The number of carbonyl (C=O) groups is 4. The molecule has 1 aromatic heterocycles. The summed E-state index contributed by atoms with van der Waals surface area (Å²) in [7, 11) is 1.79. The maximum atomic E-state index is 12.9. The van der Waals surface area contributed by atoms with Crippen molar-refractivity contribution in [2.75, 3.05) is 38.2 Å². The second-order valence-corrected chi connectivity index (χ2v) is 9.87. The van der Waals surface area contributed by atoms with Gasteiger partial charge >= 0.3 is 5.97 Å². The van der Waals surface area contributed by atoms with Crippen LogP contribution in [0.2, 0.25) is 0 Å². The van der Waals surface area contributed by atoms with Crippen molar-refractivity contribution < 1.29 is 29.5 Å². The molecule has 4 heterocycles. The Morgan fingerprint density at radius 3 is 2.80 bits per heavy atom. The third-order valence-electron chi connectivity index (χ3n) is 5.76. The van der Waals surface area contributed by atoms with Crippen molar-refractivity contribution in [1.29, 1.82) is 0 Å². The fraction of sp³-hybridized carbons (Fsp3) is 0.400. The van der Waals surface area contributed by atoms with Crippen LogP contribution in [0, 0.1) is 0 Å². The number of nitrogens with two attached hydrogens (primary N) is 1. The lowest BCUT2D eigenvalue weighted by Gasteiger charge is -2.49. The van der Waals surface area contributed by atoms with E-state index in [0.29, 0.717) is 37.2 Å². The first kappa shape index (κ1) is 24.7. The van der Waals surface area contributed by atoms with Gasteiger partial charge in [-0.05, 0) is 25.1 Å². The van der Waals surface area contributed by atoms with Crippen molar-refractivity contribution in [3.63, 3.8) is 0 Å². The van der Waals surface area contributed by atoms with Gasteiger partial charge in [0.2, 0.25) is 5.91 Å². The number of nitrogens with zero attached hydrogens (tertiary/aromatic N) is 4. The number of oxime groups is 1. The molecule has 0 aliphatic carbocycles. The lowest BCUT2D eigenvalue weighted by molar-refractivity contribution is -0.150. The molecule has 13 nitrogen and oxygen atoms in total. The number of β-lactam (4-membered cyclic amide) rings is 1. The minimum atomic E-state index is -1.30. The first-order valence-corrected chi connectivity index (χ1v) is 12.5. The summed E-state index contributed by atoms with van der Waals surface area (Å²) >= 11 is 2.32. The second-order valence-electron chi connectivity index (χ2n) is 7.87. The molecule has 0 saturated carbocycles. The third kappa shape index (κ3) is 4.61. The van der Waals surface area contributed by atoms with Crippen LogP contribution in [-0.2, 0) is 19.2 Å². The molecule has 2 saturated heterocycles. The monoisotopic (exact) mass is 521 g/mol. The van der Waals surface area contributed by atoms with Gasteiger partial charge in [0, 0.05) is 36.3 Å². The Labute approximate surface area is 207 Å². The number of aromatic nitrogens is 1. The number of fused-ring (bicyclic) bond motifs is 1. The number of nitrogens with one attached hydrogen (secondary N) is 2. The van der Waals surface area contributed by atoms with Gasteiger partial charge in [-0.3, -0.25) is 19.3 Å². The molecule has 3 amide bonds. The number of carboxylic acid groups (broad SMARTS) is 1. The smallest absolute Gasteiger partial charge is 0.352 e. The summed E-state index contributed by atoms with van der Waals surface area (Å²) in [5.74, 6) is -2.67. The predicted molar refractivity (Wildman–Crippen MR) is 128 cm³/mol. The first-order valence-electron chi connectivity index (χ1n) is 10.6. The molecule has 2 fully saturated rings. The summed E-state index contributed by atoms with van der Waals surface area (Å²) in [4.78, 5) is 56.9. The van der Waals surface area contributed by atoms with Crippen LogP contribution in [-0.4, -0.2) is 98.4 Å². The number of thiazole rings is 1. The maximum absolute atomic E-state index is 12.9. The van der Waals surface area contributed by atoms with Crippen LogP contribution in [0.3, 0.4) is 0 Å². The zero-order valence-electron chi connectivity index (χ0n) is 18.6. The number of carboxylic acids is 1. The van der Waals surface area contributed by atoms with Gasteiger partial charge in [0.25, 0.3) is 11.8 Å². The summed E-state index contributed by atoms with van der Waals surface area (Å²) in [6.45, 7) is 1.74. The minimum Gasteiger partial charge on any atom is -0.477 e. The van der Waals surface area contributed by atoms with Crippen molar-refractivity contribution in [2.24, 2.45) is 5.16 Å². The Bertz CT molecular complexity index is 1180. The predicted octanol–water partition coefficient (Wildman–Crippen LogP) is -0.980. The molecule has 4 rings (SSSR count). The van der Waals surface area contributed by atoms with Gasteiger partial charge < -0.3 is 31.6 Å². The van der Waals surface area contributed by atoms with Crippen molar-refractivity contribution in [3.8, 4) is 0 Å². The Kier molecular flexibility index (Phi) is 7.09. The van der Waals surface area contributed by atoms with Gasteiger partial charge in [-0.2, -0.15) is 0 Å². The molecule has 3 aliphatic heterocycles. The van der Waals surface area contributed by atoms with E-state index >= 15 is 0 Å². The zero-order chi connectivity index (χ0) is 25.3. The third-order valence-corrected chi connectivity index (χ3v) is 7.74. The SMILES string of the molecule is CNCCN1CCC(=CC2=C(C(=O)O)N3C(=O)[C@@H](NC(=O)/C(=N\O)c4csc(N)n4)[C@H]3SC2)C1=O. The van der Waals surface area contributed by atoms with Gasteiger partial charge in [0.1, 0.15) is 22.8 Å². The molecule has 0 bridgehead atoms. The fourth-order valence-corrected chi connectivity index (χ4v) is 5.90. The molecule has 0 radical (unpaired) electrons. The molecule has 186 valence electrons. The van der Waals surface area contributed by atoms with E-state index in [4.69, 9.17) is 5.73 Å². The number of rotatable bonds is 8. The van der Waals surface area contributed by atoms with Crippen LogP contribution < -0.4 is 16.4 Å². The van der Waals surface area contributed by atoms with Gasteiger partial charge in [-0.1, -0.05) is 5.16 Å². The van der Waals surface area contributed by atoms with E-state index in [1.807, 2.05) is 0 Å². The highest BCUT2D eigenvalue weighted by Gasteiger charge is 2.54. The maximum Gasteiger partial charge on any atom is 0.352 e. The van der Waals surface area contributed by atoms with E-state index in [0.717, 1.165) is 16.2 Å². The molecule has 2 atom stereocenters. The number of amides is 3. The molecule has 3 aliphatic rings. The van der Waals surface area contributed by atoms with Gasteiger partial charge in [-0.15, -0.1) is 23.1 Å². The van der Waals surface area contributed by atoms with Crippen molar-refractivity contribution in [3.05, 3.63) is 34.0 Å². The van der Waals surface area contributed by atoms with Gasteiger partial charge in [0.05, 0.1) is 0 Å². The Hall–Kier alpha value is -3.43. The molecule has 35 heavy (non-hydrogen) atoms. The van der Waals surface area contributed by atoms with E-state index < -0.39 is 34.9 Å². The minimum absolute atomic E-state index is 0.0532. The summed E-state index contributed by atoms with van der Waals surface area (Å²) in [5, 5.41) is 28.5. The first-order chi connectivity index (χ1) is 16.8. The Morgan fingerprint density at radius 1 is 1.40 bits per heavy atom. The molecular formula is C20H23N7O6S2. The number of hydrogen-bond donors (Lipinski definition) is 5. The van der Waals surface area contributed by atoms with E-state index in [1.165, 1.54) is 17.1 Å². The van der Waals surface area contributed by atoms with Crippen LogP contribution >= 0.6 is 23.1 Å². The lowest BCUT2D eigenvalue weighted by Crippen LogP contribution is -2.71. The van der Waals surface area contributed by atoms with Crippen molar-refractivity contribution in [1.82, 2.24) is 25.4 Å². The molecule has 1 aromatic rings. The topological polar surface area (TPSA) is 191 Å². The van der Waals surface area contributed by atoms with E-state index in [2.05, 4.69) is 20.8 Å². The van der Waals surface area contributed by atoms with Crippen LogP contribution in [0.5, 0.6) is 0 Å². The normalized spacial score (nSPS) is 23.6. The molecule has 6 N–H and O–H groups in total. The summed E-state index contributed by atoms with van der Waals surface area (Å²) in [6, 6.07) is -1.02. The Morgan fingerprint density at radius 2 is 2.17 bits per heavy atom. The number of nitrogen functional groups attached to an aromatic ring is 1. The average molecular weight is 522 g/mol. The second kappa shape index (κ2) is 10.1. The number of carbonyl (C=O) groups excluding carboxylic acids is 3. The summed E-state index contributed by atoms with van der Waals surface area (Å²) in [6.07, 6.45) is 2.06. The number of likely N-dealkylation sites (tertiary alicyclic amines) is 1. The zero-order valence-corrected chi connectivity index (χ0v) is 20.2. The lowest BCUT2D eigenvalue weighted by atomic mass is 10.0. The number of thioether (sulfide) groups is 1. The van der Waals surface area contributed by atoms with Crippen LogP contribution in [0.4, 0.5) is 5.13 Å². The quantitative estimate of drug-likeness (QED) is 0.0934. The van der Waals surface area contributed by atoms with Gasteiger partial charge in [0.15, 0.2) is 10.8 Å². The summed E-state index contributed by atoms with van der Waals surface area (Å²) in [5.41, 5.74) is 5.86. The van der Waals surface area contributed by atoms with E-state index in [-0.39, 0.29) is 28.2 Å². The molecule has 0 unspecified atom stereocenters. The van der Waals surface area contributed by atoms with E-state index in [9.17, 15) is 29.5 Å². The molecule has 0 spiro atoms. The van der Waals surface area contributed by atoms with Crippen molar-refractivity contribution >= 4 is 57.6 Å². The number of aliphatic carboxylic acids is 1. The fourth-order valence-electron chi connectivity index (χ4n) is 4.04. The van der Waals surface area contributed by atoms with Crippen LogP contribution in [0.15, 0.2) is 33.5 Å². The number of anilines is 1. The molecule has 15 heteroatoms.